The van der Waals surface area contributed by atoms with Crippen LogP contribution in [-0.2, 0) is 40.9 Å². The SMILES string of the molecule is C=CCOP(=O)(OCC=C)OCc1ccc(COC(C)=O)c(C(=O)Cl)c1. The third kappa shape index (κ3) is 7.64. The average Bonchev–Trinajstić information content (AvgIpc) is 2.61. The molecule has 0 aliphatic heterocycles. The van der Waals surface area contributed by atoms with Crippen LogP contribution in [0.15, 0.2) is 43.5 Å². The van der Waals surface area contributed by atoms with Gasteiger partial charge >= 0.3 is 13.8 Å². The molecule has 0 saturated carbocycles. The van der Waals surface area contributed by atoms with Crippen LogP contribution < -0.4 is 0 Å². The number of carbonyl (C=O) groups excluding carboxylic acids is 2. The topological polar surface area (TPSA) is 88.1 Å². The zero-order valence-corrected chi connectivity index (χ0v) is 16.0. The Morgan fingerprint density at radius 1 is 1.12 bits per heavy atom. The Hall–Kier alpha value is -1.76. The van der Waals surface area contributed by atoms with Crippen molar-refractivity contribution in [1.82, 2.24) is 0 Å². The normalized spacial score (nSPS) is 11.0. The molecule has 0 fully saturated rings. The summed E-state index contributed by atoms with van der Waals surface area (Å²) in [5, 5.41) is -0.719. The molecular weight excluding hydrogens is 383 g/mol. The van der Waals surface area contributed by atoms with Gasteiger partial charge in [0.25, 0.3) is 5.24 Å². The fourth-order valence-corrected chi connectivity index (χ4v) is 3.04. The highest BCUT2D eigenvalue weighted by Gasteiger charge is 2.26. The lowest BCUT2D eigenvalue weighted by molar-refractivity contribution is -0.142. The predicted molar refractivity (Wildman–Crippen MR) is 96.8 cm³/mol. The van der Waals surface area contributed by atoms with Gasteiger partial charge in [-0.3, -0.25) is 23.2 Å². The van der Waals surface area contributed by atoms with Crippen LogP contribution in [0.2, 0.25) is 0 Å². The van der Waals surface area contributed by atoms with E-state index >= 15 is 0 Å². The number of halogens is 1. The zero-order valence-electron chi connectivity index (χ0n) is 14.3. The Bertz CT molecular complexity index is 701. The Morgan fingerprint density at radius 3 is 2.23 bits per heavy atom. The largest absolute Gasteiger partial charge is 0.475 e. The summed E-state index contributed by atoms with van der Waals surface area (Å²) in [4.78, 5) is 22.5. The molecule has 0 radical (unpaired) electrons. The minimum absolute atomic E-state index is 0.0266. The molecule has 1 aromatic carbocycles. The maximum absolute atomic E-state index is 12.5. The molecule has 0 atom stereocenters. The molecule has 0 aliphatic rings. The van der Waals surface area contributed by atoms with Crippen LogP contribution in [-0.4, -0.2) is 24.4 Å². The molecule has 26 heavy (non-hydrogen) atoms. The van der Waals surface area contributed by atoms with Gasteiger partial charge in [0, 0.05) is 18.1 Å². The van der Waals surface area contributed by atoms with Gasteiger partial charge in [-0.15, -0.1) is 13.2 Å². The van der Waals surface area contributed by atoms with Gasteiger partial charge in [-0.25, -0.2) is 4.57 Å². The van der Waals surface area contributed by atoms with Crippen molar-refractivity contribution >= 4 is 30.6 Å². The molecule has 0 saturated heterocycles. The molecule has 0 spiro atoms. The van der Waals surface area contributed by atoms with Crippen molar-refractivity contribution in [3.63, 3.8) is 0 Å². The van der Waals surface area contributed by atoms with Crippen molar-refractivity contribution < 1.29 is 32.5 Å². The van der Waals surface area contributed by atoms with E-state index in [1.165, 1.54) is 25.1 Å². The van der Waals surface area contributed by atoms with Crippen molar-refractivity contribution in [3.05, 3.63) is 60.2 Å². The highest BCUT2D eigenvalue weighted by atomic mass is 35.5. The molecule has 0 amide bonds. The van der Waals surface area contributed by atoms with Crippen molar-refractivity contribution in [3.8, 4) is 0 Å². The first-order valence-electron chi connectivity index (χ1n) is 7.51. The van der Waals surface area contributed by atoms with E-state index in [4.69, 9.17) is 29.9 Å². The summed E-state index contributed by atoms with van der Waals surface area (Å²) in [6.45, 7) is 7.89. The molecule has 0 unspecified atom stereocenters. The molecule has 0 aliphatic carbocycles. The quantitative estimate of drug-likeness (QED) is 0.224. The highest BCUT2D eigenvalue weighted by Crippen LogP contribution is 2.50. The number of esters is 1. The van der Waals surface area contributed by atoms with Gasteiger partial charge < -0.3 is 4.74 Å². The van der Waals surface area contributed by atoms with E-state index < -0.39 is 19.0 Å². The third-order valence-corrected chi connectivity index (χ3v) is 4.49. The van der Waals surface area contributed by atoms with Crippen molar-refractivity contribution in [1.29, 1.82) is 0 Å². The molecule has 142 valence electrons. The fraction of sp³-hybridized carbons (Fsp3) is 0.294. The van der Waals surface area contributed by atoms with E-state index in [1.807, 2.05) is 0 Å². The van der Waals surface area contributed by atoms with Crippen molar-refractivity contribution in [2.45, 2.75) is 20.1 Å². The summed E-state index contributed by atoms with van der Waals surface area (Å²) in [5.74, 6) is -0.481. The second-order valence-electron chi connectivity index (χ2n) is 4.93. The number of phosphoric ester groups is 1. The van der Waals surface area contributed by atoms with E-state index in [2.05, 4.69) is 13.2 Å². The summed E-state index contributed by atoms with van der Waals surface area (Å²) in [6.07, 6.45) is 2.81. The minimum Gasteiger partial charge on any atom is -0.461 e. The van der Waals surface area contributed by atoms with Gasteiger partial charge in [-0.05, 0) is 23.2 Å². The van der Waals surface area contributed by atoms with E-state index in [0.29, 0.717) is 11.1 Å². The van der Waals surface area contributed by atoms with Gasteiger partial charge in [0.05, 0.1) is 19.8 Å². The van der Waals surface area contributed by atoms with Crippen LogP contribution >= 0.6 is 19.4 Å². The predicted octanol–water partition coefficient (Wildman–Crippen LogP) is 4.16. The van der Waals surface area contributed by atoms with E-state index in [-0.39, 0.29) is 32.0 Å². The van der Waals surface area contributed by atoms with E-state index in [0.717, 1.165) is 0 Å². The average molecular weight is 403 g/mol. The van der Waals surface area contributed by atoms with Gasteiger partial charge in [0.15, 0.2) is 0 Å². The number of hydrogen-bond acceptors (Lipinski definition) is 7. The maximum Gasteiger partial charge on any atom is 0.475 e. The number of hydrogen-bond donors (Lipinski definition) is 0. The Kier molecular flexibility index (Phi) is 9.48. The fourth-order valence-electron chi connectivity index (χ4n) is 1.75. The van der Waals surface area contributed by atoms with Crippen LogP contribution in [0, 0.1) is 0 Å². The first-order valence-corrected chi connectivity index (χ1v) is 9.35. The number of carbonyl (C=O) groups is 2. The van der Waals surface area contributed by atoms with Crippen molar-refractivity contribution in [2.75, 3.05) is 13.2 Å². The molecular formula is C17H20ClO7P. The zero-order chi connectivity index (χ0) is 19.6. The number of phosphoric acid groups is 1. The lowest BCUT2D eigenvalue weighted by Gasteiger charge is -2.17. The highest BCUT2D eigenvalue weighted by molar-refractivity contribution is 7.48. The molecule has 1 rings (SSSR count). The number of benzene rings is 1. The molecule has 0 N–H and O–H groups in total. The van der Waals surface area contributed by atoms with E-state index in [9.17, 15) is 14.2 Å². The minimum atomic E-state index is -3.82. The first kappa shape index (κ1) is 22.3. The van der Waals surface area contributed by atoms with Gasteiger partial charge in [-0.1, -0.05) is 24.3 Å². The van der Waals surface area contributed by atoms with Crippen LogP contribution in [0.25, 0.3) is 0 Å². The molecule has 1 aromatic rings. The van der Waals surface area contributed by atoms with Crippen LogP contribution in [0.4, 0.5) is 0 Å². The lowest BCUT2D eigenvalue weighted by atomic mass is 10.1. The smallest absolute Gasteiger partial charge is 0.461 e. The maximum atomic E-state index is 12.5. The Labute approximate surface area is 157 Å². The molecule has 7 nitrogen and oxygen atoms in total. The monoisotopic (exact) mass is 402 g/mol. The van der Waals surface area contributed by atoms with E-state index in [1.54, 1.807) is 12.1 Å². The first-order chi connectivity index (χ1) is 12.3. The summed E-state index contributed by atoms with van der Waals surface area (Å²) >= 11 is 5.58. The van der Waals surface area contributed by atoms with Crippen LogP contribution in [0.3, 0.4) is 0 Å². The summed E-state index contributed by atoms with van der Waals surface area (Å²) in [7, 11) is -3.82. The molecule has 0 aromatic heterocycles. The summed E-state index contributed by atoms with van der Waals surface area (Å²) in [5.41, 5.74) is 1.10. The number of rotatable bonds is 12. The van der Waals surface area contributed by atoms with Crippen LogP contribution in [0.1, 0.15) is 28.4 Å². The Balaban J connectivity index is 2.90. The number of ether oxygens (including phenoxy) is 1. The standard InChI is InChI=1S/C17H20ClO7P/c1-4-8-23-26(21,24-9-5-2)25-11-14-6-7-15(12-22-13(3)19)16(10-14)17(18)20/h4-7,10H,1-2,8-9,11-12H2,3H3. The molecule has 9 heteroatoms. The van der Waals surface area contributed by atoms with Gasteiger partial charge in [-0.2, -0.15) is 0 Å². The van der Waals surface area contributed by atoms with Gasteiger partial charge in [0.1, 0.15) is 6.61 Å². The second kappa shape index (κ2) is 11.1. The molecule has 0 heterocycles. The summed E-state index contributed by atoms with van der Waals surface area (Å²) < 4.78 is 32.7. The summed E-state index contributed by atoms with van der Waals surface area (Å²) in [6, 6.07) is 4.64. The van der Waals surface area contributed by atoms with Gasteiger partial charge in [0.2, 0.25) is 0 Å². The third-order valence-electron chi connectivity index (χ3n) is 2.91. The molecule has 0 bridgehead atoms. The Morgan fingerprint density at radius 2 is 1.73 bits per heavy atom. The lowest BCUT2D eigenvalue weighted by Crippen LogP contribution is -2.06. The van der Waals surface area contributed by atoms with Crippen LogP contribution in [0.5, 0.6) is 0 Å². The second-order valence-corrected chi connectivity index (χ2v) is 6.95. The van der Waals surface area contributed by atoms with Crippen molar-refractivity contribution in [2.24, 2.45) is 0 Å².